The molecule has 0 radical (unpaired) electrons. The summed E-state index contributed by atoms with van der Waals surface area (Å²) in [6, 6.07) is 4.60. The Hall–Kier alpha value is -1.59. The summed E-state index contributed by atoms with van der Waals surface area (Å²) in [5, 5.41) is 31.3. The lowest BCUT2D eigenvalue weighted by atomic mass is 10.0. The second-order valence-electron chi connectivity index (χ2n) is 4.05. The van der Waals surface area contributed by atoms with E-state index in [0.717, 1.165) is 5.56 Å². The van der Waals surface area contributed by atoms with E-state index in [0.29, 0.717) is 5.56 Å². The predicted octanol–water partition coefficient (Wildman–Crippen LogP) is 0.231. The summed E-state index contributed by atoms with van der Waals surface area (Å²) < 4.78 is 0. The van der Waals surface area contributed by atoms with Gasteiger partial charge in [-0.3, -0.25) is 4.79 Å². The molecule has 0 fully saturated rings. The Morgan fingerprint density at radius 3 is 2.53 bits per heavy atom. The van der Waals surface area contributed by atoms with Gasteiger partial charge >= 0.3 is 0 Å². The molecule has 1 amide bonds. The molecule has 5 nitrogen and oxygen atoms in total. The number of amides is 1. The number of hydrogen-bond donors (Lipinski definition) is 4. The van der Waals surface area contributed by atoms with Crippen molar-refractivity contribution in [3.63, 3.8) is 0 Å². The molecule has 0 aliphatic rings. The lowest BCUT2D eigenvalue weighted by Gasteiger charge is -2.19. The number of carbonyl (C=O) groups is 1. The molecule has 0 saturated heterocycles. The monoisotopic (exact) mass is 239 g/mol. The number of phenolic OH excluding ortho intramolecular Hbond substituents is 1. The van der Waals surface area contributed by atoms with Crippen LogP contribution in [0.15, 0.2) is 18.2 Å². The van der Waals surface area contributed by atoms with Gasteiger partial charge in [-0.05, 0) is 30.2 Å². The molecule has 2 unspecified atom stereocenters. The van der Waals surface area contributed by atoms with Crippen LogP contribution < -0.4 is 5.32 Å². The molecule has 0 aliphatic carbocycles. The first-order chi connectivity index (χ1) is 7.90. The number of benzene rings is 1. The van der Waals surface area contributed by atoms with E-state index in [1.807, 2.05) is 0 Å². The van der Waals surface area contributed by atoms with Gasteiger partial charge in [0, 0.05) is 13.5 Å². The standard InChI is InChI=1S/C12H17NO4/c1-7-3-9(5-10(15)4-7)12(17)11(16)6-13-8(2)14/h3-5,11-12,15-17H,6H2,1-2H3,(H,13,14). The summed E-state index contributed by atoms with van der Waals surface area (Å²) in [4.78, 5) is 10.7. The van der Waals surface area contributed by atoms with Crippen LogP contribution in [0.2, 0.25) is 0 Å². The van der Waals surface area contributed by atoms with Crippen LogP contribution in [0.5, 0.6) is 5.75 Å². The van der Waals surface area contributed by atoms with Gasteiger partial charge in [0.15, 0.2) is 0 Å². The van der Waals surface area contributed by atoms with Gasteiger partial charge in [0.2, 0.25) is 5.91 Å². The number of rotatable bonds is 4. The molecule has 17 heavy (non-hydrogen) atoms. The van der Waals surface area contributed by atoms with E-state index in [-0.39, 0.29) is 18.2 Å². The van der Waals surface area contributed by atoms with Crippen molar-refractivity contribution >= 4 is 5.91 Å². The van der Waals surface area contributed by atoms with Crippen LogP contribution in [0, 0.1) is 6.92 Å². The van der Waals surface area contributed by atoms with Crippen LogP contribution in [-0.2, 0) is 4.79 Å². The molecule has 5 heteroatoms. The molecule has 1 aromatic carbocycles. The minimum absolute atomic E-state index is 0.0331. The van der Waals surface area contributed by atoms with Gasteiger partial charge in [0.25, 0.3) is 0 Å². The van der Waals surface area contributed by atoms with Gasteiger partial charge in [-0.2, -0.15) is 0 Å². The Kier molecular flexibility index (Phi) is 4.48. The fourth-order valence-electron chi connectivity index (χ4n) is 1.54. The summed E-state index contributed by atoms with van der Waals surface area (Å²) in [5.41, 5.74) is 1.20. The Morgan fingerprint density at radius 1 is 1.35 bits per heavy atom. The average Bonchev–Trinajstić information content (AvgIpc) is 2.23. The van der Waals surface area contributed by atoms with E-state index in [9.17, 15) is 20.1 Å². The van der Waals surface area contributed by atoms with Crippen molar-refractivity contribution < 1.29 is 20.1 Å². The quantitative estimate of drug-likeness (QED) is 0.605. The maximum Gasteiger partial charge on any atom is 0.216 e. The summed E-state index contributed by atoms with van der Waals surface area (Å²) in [7, 11) is 0. The van der Waals surface area contributed by atoms with Crippen LogP contribution in [0.3, 0.4) is 0 Å². The topological polar surface area (TPSA) is 89.8 Å². The molecular formula is C12H17NO4. The highest BCUT2D eigenvalue weighted by molar-refractivity contribution is 5.72. The van der Waals surface area contributed by atoms with E-state index in [2.05, 4.69) is 5.32 Å². The number of carbonyl (C=O) groups excluding carboxylic acids is 1. The molecule has 0 bridgehead atoms. The minimum Gasteiger partial charge on any atom is -0.508 e. The van der Waals surface area contributed by atoms with E-state index >= 15 is 0 Å². The van der Waals surface area contributed by atoms with Gasteiger partial charge in [-0.15, -0.1) is 0 Å². The molecule has 0 saturated carbocycles. The fraction of sp³-hybridized carbons (Fsp3) is 0.417. The molecule has 0 spiro atoms. The zero-order chi connectivity index (χ0) is 13.0. The SMILES string of the molecule is CC(=O)NCC(O)C(O)c1cc(C)cc(O)c1. The maximum absolute atomic E-state index is 10.7. The molecule has 0 heterocycles. The third kappa shape index (κ3) is 4.05. The number of nitrogens with one attached hydrogen (secondary N) is 1. The Morgan fingerprint density at radius 2 is 2.00 bits per heavy atom. The number of aryl methyl sites for hydroxylation is 1. The molecule has 94 valence electrons. The van der Waals surface area contributed by atoms with Crippen LogP contribution in [0.1, 0.15) is 24.2 Å². The maximum atomic E-state index is 10.7. The first-order valence-corrected chi connectivity index (χ1v) is 5.31. The van der Waals surface area contributed by atoms with Crippen molar-refractivity contribution in [2.45, 2.75) is 26.1 Å². The predicted molar refractivity (Wildman–Crippen MR) is 62.5 cm³/mol. The van der Waals surface area contributed by atoms with Gasteiger partial charge < -0.3 is 20.6 Å². The minimum atomic E-state index is -1.15. The molecule has 0 aliphatic heterocycles. The molecule has 2 atom stereocenters. The van der Waals surface area contributed by atoms with Crippen molar-refractivity contribution in [2.75, 3.05) is 6.54 Å². The van der Waals surface area contributed by atoms with Gasteiger partial charge in [0.05, 0.1) is 0 Å². The Balaban J connectivity index is 2.73. The second kappa shape index (κ2) is 5.65. The molecular weight excluding hydrogens is 222 g/mol. The van der Waals surface area contributed by atoms with Gasteiger partial charge in [-0.1, -0.05) is 6.07 Å². The van der Waals surface area contributed by atoms with E-state index in [4.69, 9.17) is 0 Å². The van der Waals surface area contributed by atoms with E-state index < -0.39 is 12.2 Å². The highest BCUT2D eigenvalue weighted by Gasteiger charge is 2.19. The third-order valence-corrected chi connectivity index (χ3v) is 2.35. The lowest BCUT2D eigenvalue weighted by molar-refractivity contribution is -0.119. The van der Waals surface area contributed by atoms with Crippen LogP contribution in [0.4, 0.5) is 0 Å². The fourth-order valence-corrected chi connectivity index (χ4v) is 1.54. The largest absolute Gasteiger partial charge is 0.508 e. The van der Waals surface area contributed by atoms with Crippen molar-refractivity contribution in [1.29, 1.82) is 0 Å². The Labute approximate surface area is 99.7 Å². The van der Waals surface area contributed by atoms with E-state index in [1.54, 1.807) is 19.1 Å². The smallest absolute Gasteiger partial charge is 0.216 e. The second-order valence-corrected chi connectivity index (χ2v) is 4.05. The zero-order valence-corrected chi connectivity index (χ0v) is 9.84. The summed E-state index contributed by atoms with van der Waals surface area (Å²) in [6.45, 7) is 3.07. The average molecular weight is 239 g/mol. The van der Waals surface area contributed by atoms with Gasteiger partial charge in [0.1, 0.15) is 18.0 Å². The van der Waals surface area contributed by atoms with Crippen molar-refractivity contribution in [3.05, 3.63) is 29.3 Å². The highest BCUT2D eigenvalue weighted by Crippen LogP contribution is 2.22. The van der Waals surface area contributed by atoms with Crippen LogP contribution in [-0.4, -0.2) is 33.9 Å². The number of aliphatic hydroxyl groups excluding tert-OH is 2. The zero-order valence-electron chi connectivity index (χ0n) is 9.84. The Bertz CT molecular complexity index is 385. The normalized spacial score (nSPS) is 14.1. The molecule has 4 N–H and O–H groups in total. The lowest BCUT2D eigenvalue weighted by Crippen LogP contribution is -2.34. The molecule has 1 rings (SSSR count). The highest BCUT2D eigenvalue weighted by atomic mass is 16.3. The number of aromatic hydroxyl groups is 1. The van der Waals surface area contributed by atoms with Crippen molar-refractivity contribution in [3.8, 4) is 5.75 Å². The number of aliphatic hydroxyl groups is 2. The summed E-state index contributed by atoms with van der Waals surface area (Å²) in [6.07, 6.45) is -2.26. The summed E-state index contributed by atoms with van der Waals surface area (Å²) >= 11 is 0. The third-order valence-electron chi connectivity index (χ3n) is 2.35. The first kappa shape index (κ1) is 13.5. The van der Waals surface area contributed by atoms with Gasteiger partial charge in [-0.25, -0.2) is 0 Å². The number of hydrogen-bond acceptors (Lipinski definition) is 4. The van der Waals surface area contributed by atoms with Crippen LogP contribution >= 0.6 is 0 Å². The number of phenols is 1. The van der Waals surface area contributed by atoms with Crippen molar-refractivity contribution in [1.82, 2.24) is 5.32 Å². The first-order valence-electron chi connectivity index (χ1n) is 5.31. The molecule has 1 aromatic rings. The van der Waals surface area contributed by atoms with Crippen molar-refractivity contribution in [2.24, 2.45) is 0 Å². The van der Waals surface area contributed by atoms with Crippen LogP contribution in [0.25, 0.3) is 0 Å². The van der Waals surface area contributed by atoms with E-state index in [1.165, 1.54) is 13.0 Å². The summed E-state index contributed by atoms with van der Waals surface area (Å²) in [5.74, 6) is -0.242. The molecule has 0 aromatic heterocycles.